The van der Waals surface area contributed by atoms with E-state index in [1.54, 1.807) is 0 Å². The van der Waals surface area contributed by atoms with Gasteiger partial charge in [-0.1, -0.05) is 11.6 Å². The smallest absolute Gasteiger partial charge is 0.273 e. The second kappa shape index (κ2) is 8.53. The van der Waals surface area contributed by atoms with E-state index in [-0.39, 0.29) is 22.1 Å². The Morgan fingerprint density at radius 2 is 1.91 bits per heavy atom. The fourth-order valence-corrected chi connectivity index (χ4v) is 5.61. The molecule has 182 valence electrons. The van der Waals surface area contributed by atoms with Crippen molar-refractivity contribution in [3.05, 3.63) is 58.4 Å². The molecule has 2 aromatic rings. The van der Waals surface area contributed by atoms with Crippen LogP contribution in [0.4, 0.5) is 13.2 Å². The number of nitrogens with two attached hydrogens (primary N) is 1. The molecule has 1 saturated heterocycles. The first-order chi connectivity index (χ1) is 15.9. The van der Waals surface area contributed by atoms with E-state index >= 15 is 4.39 Å². The topological polar surface area (TPSA) is 110 Å². The predicted molar refractivity (Wildman–Crippen MR) is 117 cm³/mol. The summed E-state index contributed by atoms with van der Waals surface area (Å²) in [7, 11) is -3.70. The summed E-state index contributed by atoms with van der Waals surface area (Å²) in [4.78, 5) is 31.0. The molecule has 1 saturated carbocycles. The van der Waals surface area contributed by atoms with Gasteiger partial charge in [0.2, 0.25) is 5.91 Å². The fourth-order valence-electron chi connectivity index (χ4n) is 4.82. The van der Waals surface area contributed by atoms with Gasteiger partial charge < -0.3 is 10.6 Å². The first-order valence-corrected chi connectivity index (χ1v) is 12.7. The Bertz CT molecular complexity index is 1290. The van der Waals surface area contributed by atoms with Gasteiger partial charge in [-0.15, -0.1) is 0 Å². The third kappa shape index (κ3) is 4.15. The zero-order valence-electron chi connectivity index (χ0n) is 18.0. The molecule has 0 radical (unpaired) electrons. The lowest BCUT2D eigenvalue weighted by Crippen LogP contribution is -2.60. The number of rotatable bonds is 6. The second-order valence-electron chi connectivity index (χ2n) is 8.76. The minimum Gasteiger partial charge on any atom is -0.368 e. The zero-order valence-corrected chi connectivity index (χ0v) is 19.5. The first-order valence-electron chi connectivity index (χ1n) is 10.4. The second-order valence-corrected chi connectivity index (χ2v) is 11.2. The lowest BCUT2D eigenvalue weighted by Gasteiger charge is -2.42. The summed E-state index contributed by atoms with van der Waals surface area (Å²) in [5.41, 5.74) is 3.16. The van der Waals surface area contributed by atoms with Gasteiger partial charge in [0.15, 0.2) is 9.84 Å². The Kier molecular flexibility index (Phi) is 6.14. The molecule has 1 aliphatic heterocycles. The van der Waals surface area contributed by atoms with Crippen molar-refractivity contribution in [1.82, 2.24) is 9.88 Å². The number of primary amides is 1. The van der Waals surface area contributed by atoms with Crippen LogP contribution in [0.1, 0.15) is 41.2 Å². The molecule has 2 aliphatic rings. The van der Waals surface area contributed by atoms with Gasteiger partial charge >= 0.3 is 0 Å². The molecule has 1 unspecified atom stereocenters. The molecule has 2 heterocycles. The van der Waals surface area contributed by atoms with Crippen molar-refractivity contribution in [1.29, 1.82) is 0 Å². The summed E-state index contributed by atoms with van der Waals surface area (Å²) >= 11 is 5.69. The quantitative estimate of drug-likeness (QED) is 0.595. The Balaban J connectivity index is 1.88. The Morgan fingerprint density at radius 1 is 1.24 bits per heavy atom. The molecule has 7 nitrogen and oxygen atoms in total. The van der Waals surface area contributed by atoms with Gasteiger partial charge in [0.25, 0.3) is 5.91 Å². The number of alkyl halides is 1. The Hall–Kier alpha value is -2.66. The molecule has 0 bridgehead atoms. The van der Waals surface area contributed by atoms with E-state index < -0.39 is 68.9 Å². The number of carbonyl (C=O) groups is 2. The van der Waals surface area contributed by atoms with Crippen molar-refractivity contribution in [3.63, 3.8) is 0 Å². The number of hydrogen-bond acceptors (Lipinski definition) is 5. The van der Waals surface area contributed by atoms with Crippen LogP contribution in [-0.2, 0) is 14.6 Å². The molecular weight excluding hydrogens is 495 g/mol. The molecule has 0 spiro atoms. The highest BCUT2D eigenvalue weighted by molar-refractivity contribution is 7.90. The van der Waals surface area contributed by atoms with Gasteiger partial charge in [0.1, 0.15) is 29.0 Å². The number of hydrogen-bond donors (Lipinski definition) is 1. The maximum atomic E-state index is 15.0. The summed E-state index contributed by atoms with van der Waals surface area (Å²) in [5, 5.41) is -0.464. The number of benzene rings is 1. The Labute approximate surface area is 199 Å². The van der Waals surface area contributed by atoms with Crippen molar-refractivity contribution in [2.75, 3.05) is 12.8 Å². The molecule has 2 N–H and O–H groups in total. The maximum Gasteiger partial charge on any atom is 0.273 e. The average Bonchev–Trinajstić information content (AvgIpc) is 3.52. The highest BCUT2D eigenvalue weighted by Gasteiger charge is 2.61. The monoisotopic (exact) mass is 515 g/mol. The fraction of sp³-hybridized carbons (Fsp3) is 0.409. The van der Waals surface area contributed by atoms with Crippen LogP contribution in [-0.4, -0.2) is 54.6 Å². The van der Waals surface area contributed by atoms with Gasteiger partial charge in [0, 0.05) is 24.8 Å². The third-order valence-electron chi connectivity index (χ3n) is 6.43. The summed E-state index contributed by atoms with van der Waals surface area (Å²) in [5.74, 6) is -5.36. The number of aromatic nitrogens is 1. The normalized spacial score (nSPS) is 23.7. The highest BCUT2D eigenvalue weighted by Crippen LogP contribution is 2.55. The van der Waals surface area contributed by atoms with Crippen LogP contribution in [0.25, 0.3) is 0 Å². The number of carbonyl (C=O) groups excluding carboxylic acids is 2. The third-order valence-corrected chi connectivity index (χ3v) is 7.83. The van der Waals surface area contributed by atoms with Crippen LogP contribution in [0.15, 0.2) is 35.4 Å². The van der Waals surface area contributed by atoms with Gasteiger partial charge in [-0.3, -0.25) is 14.6 Å². The zero-order chi connectivity index (χ0) is 25.0. The van der Waals surface area contributed by atoms with Crippen LogP contribution in [0.3, 0.4) is 0 Å². The largest absolute Gasteiger partial charge is 0.368 e. The van der Waals surface area contributed by atoms with E-state index in [0.29, 0.717) is 12.8 Å². The highest BCUT2D eigenvalue weighted by atomic mass is 35.5. The van der Waals surface area contributed by atoms with E-state index in [4.69, 9.17) is 17.3 Å². The van der Waals surface area contributed by atoms with Gasteiger partial charge in [0.05, 0.1) is 16.5 Å². The van der Waals surface area contributed by atoms with Crippen molar-refractivity contribution in [2.45, 2.75) is 41.8 Å². The molecule has 34 heavy (non-hydrogen) atoms. The number of pyridine rings is 1. The summed E-state index contributed by atoms with van der Waals surface area (Å²) in [6.07, 6.45) is 0.902. The van der Waals surface area contributed by atoms with E-state index in [0.717, 1.165) is 35.6 Å². The SMILES string of the molecule is CS(=O)(=O)c1ccnc(C(=O)N2CC(F)C[C@@]2(C(N)=O)[C@@H](c2cc(F)c(Cl)cc2F)C2CC2)c1. The lowest BCUT2D eigenvalue weighted by molar-refractivity contribution is -0.129. The predicted octanol–water partition coefficient (Wildman–Crippen LogP) is 3.02. The van der Waals surface area contributed by atoms with Gasteiger partial charge in [-0.2, -0.15) is 0 Å². The molecule has 2 amide bonds. The van der Waals surface area contributed by atoms with Crippen molar-refractivity contribution in [2.24, 2.45) is 11.7 Å². The molecule has 1 aromatic heterocycles. The number of halogens is 4. The van der Waals surface area contributed by atoms with Crippen LogP contribution >= 0.6 is 11.6 Å². The summed E-state index contributed by atoms with van der Waals surface area (Å²) in [6.45, 7) is -0.548. The summed E-state index contributed by atoms with van der Waals surface area (Å²) < 4.78 is 68.1. The Morgan fingerprint density at radius 3 is 2.50 bits per heavy atom. The van der Waals surface area contributed by atoms with Crippen LogP contribution < -0.4 is 5.73 Å². The first kappa shape index (κ1) is 24.5. The number of amides is 2. The van der Waals surface area contributed by atoms with Crippen molar-refractivity contribution < 1.29 is 31.2 Å². The maximum absolute atomic E-state index is 15.0. The molecule has 1 aliphatic carbocycles. The van der Waals surface area contributed by atoms with Gasteiger partial charge in [-0.05, 0) is 48.6 Å². The molecule has 3 atom stereocenters. The van der Waals surface area contributed by atoms with Gasteiger partial charge in [-0.25, -0.2) is 21.6 Å². The van der Waals surface area contributed by atoms with E-state index in [1.165, 1.54) is 6.07 Å². The number of likely N-dealkylation sites (tertiary alicyclic amines) is 1. The molecular formula is C22H21ClF3N3O4S. The van der Waals surface area contributed by atoms with E-state index in [9.17, 15) is 26.8 Å². The molecule has 2 fully saturated rings. The van der Waals surface area contributed by atoms with Crippen molar-refractivity contribution in [3.8, 4) is 0 Å². The molecule has 4 rings (SSSR count). The van der Waals surface area contributed by atoms with E-state index in [2.05, 4.69) is 4.98 Å². The average molecular weight is 516 g/mol. The number of sulfone groups is 1. The minimum absolute atomic E-state index is 0.198. The molecule has 1 aromatic carbocycles. The van der Waals surface area contributed by atoms with Crippen LogP contribution in [0.5, 0.6) is 0 Å². The molecule has 12 heteroatoms. The van der Waals surface area contributed by atoms with Crippen molar-refractivity contribution >= 4 is 33.3 Å². The van der Waals surface area contributed by atoms with Crippen LogP contribution in [0.2, 0.25) is 5.02 Å². The van der Waals surface area contributed by atoms with E-state index in [1.807, 2.05) is 0 Å². The minimum atomic E-state index is -3.70. The lowest BCUT2D eigenvalue weighted by atomic mass is 9.73. The number of nitrogens with zero attached hydrogens (tertiary/aromatic N) is 2. The summed E-state index contributed by atoms with van der Waals surface area (Å²) in [6, 6.07) is 3.82. The standard InChI is InChI=1S/C22H21ClF3N3O4S/c1-34(32,33)13-4-5-28-18(6-13)20(30)29-10-12(24)9-22(29,21(27)31)19(11-2-3-11)14-7-17(26)15(23)8-16(14)25/h4-8,11-12,19H,2-3,9-10H2,1H3,(H2,27,31)/t12?,19-,22+/m1/s1. The van der Waals surface area contributed by atoms with Crippen LogP contribution in [0, 0.1) is 17.6 Å².